The highest BCUT2D eigenvalue weighted by molar-refractivity contribution is 6.30. The van der Waals surface area contributed by atoms with E-state index in [0.29, 0.717) is 16.8 Å². The van der Waals surface area contributed by atoms with Gasteiger partial charge in [-0.1, -0.05) is 11.6 Å². The molecule has 0 radical (unpaired) electrons. The third kappa shape index (κ3) is 4.04. The van der Waals surface area contributed by atoms with Crippen LogP contribution >= 0.6 is 11.6 Å². The van der Waals surface area contributed by atoms with E-state index in [1.807, 2.05) is 19.1 Å². The van der Waals surface area contributed by atoms with Crippen molar-refractivity contribution in [2.45, 2.75) is 13.5 Å². The number of rotatable bonds is 4. The van der Waals surface area contributed by atoms with Gasteiger partial charge in [-0.25, -0.2) is 0 Å². The molecule has 0 aliphatic carbocycles. The Morgan fingerprint density at radius 3 is 2.62 bits per heavy atom. The Bertz CT molecular complexity index is 718. The summed E-state index contributed by atoms with van der Waals surface area (Å²) in [6, 6.07) is 5.49. The summed E-state index contributed by atoms with van der Waals surface area (Å²) in [5.41, 5.74) is 6.80. The summed E-state index contributed by atoms with van der Waals surface area (Å²) in [6.07, 6.45) is 0. The molecule has 1 aliphatic heterocycles. The van der Waals surface area contributed by atoms with Crippen molar-refractivity contribution < 1.29 is 4.74 Å². The van der Waals surface area contributed by atoms with Gasteiger partial charge in [0.25, 0.3) is 0 Å². The third-order valence-corrected chi connectivity index (χ3v) is 4.20. The van der Waals surface area contributed by atoms with Crippen molar-refractivity contribution in [2.24, 2.45) is 0 Å². The van der Waals surface area contributed by atoms with Gasteiger partial charge in [0.15, 0.2) is 5.82 Å². The predicted molar refractivity (Wildman–Crippen MR) is 94.5 cm³/mol. The number of nitrogens with two attached hydrogens (primary N) is 1. The van der Waals surface area contributed by atoms with E-state index >= 15 is 0 Å². The number of anilines is 2. The van der Waals surface area contributed by atoms with Crippen molar-refractivity contribution in [3.8, 4) is 5.75 Å². The molecule has 3 rings (SSSR count). The standard InChI is InChI=1S/C16H21ClN6O/c1-11-9-12(17)3-4-13(11)24-10-14-19-15(18)21-16(20-14)23-7-5-22(2)6-8-23/h3-4,9H,5-8,10H2,1-2H3,(H2,18,19,20,21). The first kappa shape index (κ1) is 16.7. The molecule has 0 spiro atoms. The summed E-state index contributed by atoms with van der Waals surface area (Å²) >= 11 is 5.96. The summed E-state index contributed by atoms with van der Waals surface area (Å²) in [5, 5.41) is 0.682. The highest BCUT2D eigenvalue weighted by Gasteiger charge is 2.18. The Kier molecular flexibility index (Phi) is 5.01. The minimum Gasteiger partial charge on any atom is -0.485 e. The van der Waals surface area contributed by atoms with E-state index in [-0.39, 0.29) is 12.6 Å². The van der Waals surface area contributed by atoms with Crippen LogP contribution in [0.5, 0.6) is 5.75 Å². The van der Waals surface area contributed by atoms with Crippen molar-refractivity contribution >= 4 is 23.5 Å². The van der Waals surface area contributed by atoms with Crippen LogP contribution in [-0.4, -0.2) is 53.1 Å². The molecular formula is C16H21ClN6O. The number of hydrogen-bond acceptors (Lipinski definition) is 7. The van der Waals surface area contributed by atoms with Crippen LogP contribution in [-0.2, 0) is 6.61 Å². The van der Waals surface area contributed by atoms with Crippen LogP contribution in [0.3, 0.4) is 0 Å². The predicted octanol–water partition coefficient (Wildman–Crippen LogP) is 1.75. The van der Waals surface area contributed by atoms with Crippen LogP contribution in [0.15, 0.2) is 18.2 Å². The molecule has 1 aromatic carbocycles. The largest absolute Gasteiger partial charge is 0.485 e. The van der Waals surface area contributed by atoms with Gasteiger partial charge >= 0.3 is 0 Å². The molecule has 1 aliphatic rings. The minimum absolute atomic E-state index is 0.213. The van der Waals surface area contributed by atoms with Crippen LogP contribution in [0, 0.1) is 6.92 Å². The summed E-state index contributed by atoms with van der Waals surface area (Å²) < 4.78 is 5.80. The fraction of sp³-hybridized carbons (Fsp3) is 0.438. The fourth-order valence-corrected chi connectivity index (χ4v) is 2.78. The van der Waals surface area contributed by atoms with Gasteiger partial charge in [-0.05, 0) is 37.7 Å². The number of piperazine rings is 1. The monoisotopic (exact) mass is 348 g/mol. The van der Waals surface area contributed by atoms with Crippen molar-refractivity contribution in [1.29, 1.82) is 0 Å². The van der Waals surface area contributed by atoms with E-state index in [2.05, 4.69) is 31.8 Å². The van der Waals surface area contributed by atoms with E-state index in [1.54, 1.807) is 6.07 Å². The first-order valence-electron chi connectivity index (χ1n) is 7.84. The lowest BCUT2D eigenvalue weighted by Gasteiger charge is -2.32. The lowest BCUT2D eigenvalue weighted by Crippen LogP contribution is -2.45. The first-order valence-corrected chi connectivity index (χ1v) is 8.22. The lowest BCUT2D eigenvalue weighted by molar-refractivity contribution is 0.292. The number of aromatic nitrogens is 3. The van der Waals surface area contributed by atoms with Crippen LogP contribution in [0.4, 0.5) is 11.9 Å². The van der Waals surface area contributed by atoms with Crippen molar-refractivity contribution in [3.63, 3.8) is 0 Å². The zero-order chi connectivity index (χ0) is 17.1. The molecule has 24 heavy (non-hydrogen) atoms. The smallest absolute Gasteiger partial charge is 0.230 e. The number of ether oxygens (including phenoxy) is 1. The van der Waals surface area contributed by atoms with Crippen LogP contribution in [0.1, 0.15) is 11.4 Å². The molecule has 0 saturated carbocycles. The Balaban J connectivity index is 1.71. The maximum absolute atomic E-state index is 5.96. The molecule has 2 aromatic rings. The average molecular weight is 349 g/mol. The Morgan fingerprint density at radius 1 is 1.17 bits per heavy atom. The maximum Gasteiger partial charge on any atom is 0.230 e. The SMILES string of the molecule is Cc1cc(Cl)ccc1OCc1nc(N)nc(N2CCN(C)CC2)n1. The van der Waals surface area contributed by atoms with Gasteiger partial charge in [-0.2, -0.15) is 15.0 Å². The lowest BCUT2D eigenvalue weighted by atomic mass is 10.2. The van der Waals surface area contributed by atoms with Crippen molar-refractivity contribution in [1.82, 2.24) is 19.9 Å². The molecule has 128 valence electrons. The van der Waals surface area contributed by atoms with Gasteiger partial charge in [-0.15, -0.1) is 0 Å². The zero-order valence-electron chi connectivity index (χ0n) is 13.9. The number of nitrogen functional groups attached to an aromatic ring is 1. The number of hydrogen-bond donors (Lipinski definition) is 1. The highest BCUT2D eigenvalue weighted by Crippen LogP contribution is 2.22. The van der Waals surface area contributed by atoms with Crippen LogP contribution in [0.2, 0.25) is 5.02 Å². The van der Waals surface area contributed by atoms with Crippen molar-refractivity contribution in [2.75, 3.05) is 43.9 Å². The normalized spacial score (nSPS) is 15.5. The Labute approximate surface area is 146 Å². The van der Waals surface area contributed by atoms with Gasteiger partial charge < -0.3 is 20.3 Å². The Hall–Kier alpha value is -2.12. The molecule has 0 atom stereocenters. The second-order valence-electron chi connectivity index (χ2n) is 5.90. The number of nitrogens with zero attached hydrogens (tertiary/aromatic N) is 5. The van der Waals surface area contributed by atoms with Crippen LogP contribution < -0.4 is 15.4 Å². The van der Waals surface area contributed by atoms with Gasteiger partial charge in [-0.3, -0.25) is 0 Å². The van der Waals surface area contributed by atoms with E-state index < -0.39 is 0 Å². The topological polar surface area (TPSA) is 80.4 Å². The zero-order valence-corrected chi connectivity index (χ0v) is 14.6. The second kappa shape index (κ2) is 7.19. The fourth-order valence-electron chi connectivity index (χ4n) is 2.55. The molecule has 0 amide bonds. The van der Waals surface area contributed by atoms with Crippen molar-refractivity contribution in [3.05, 3.63) is 34.6 Å². The number of likely N-dealkylation sites (N-methyl/N-ethyl adjacent to an activating group) is 1. The van der Waals surface area contributed by atoms with E-state index in [4.69, 9.17) is 22.1 Å². The molecule has 8 heteroatoms. The molecule has 1 saturated heterocycles. The van der Waals surface area contributed by atoms with E-state index in [9.17, 15) is 0 Å². The molecule has 2 N–H and O–H groups in total. The third-order valence-electron chi connectivity index (χ3n) is 3.97. The quantitative estimate of drug-likeness (QED) is 0.901. The molecule has 1 fully saturated rings. The average Bonchev–Trinajstić information content (AvgIpc) is 2.54. The second-order valence-corrected chi connectivity index (χ2v) is 6.34. The minimum atomic E-state index is 0.213. The number of aryl methyl sites for hydroxylation is 1. The van der Waals surface area contributed by atoms with Gasteiger partial charge in [0, 0.05) is 31.2 Å². The summed E-state index contributed by atoms with van der Waals surface area (Å²) in [5.74, 6) is 2.10. The molecule has 7 nitrogen and oxygen atoms in total. The summed E-state index contributed by atoms with van der Waals surface area (Å²) in [4.78, 5) is 17.3. The van der Waals surface area contributed by atoms with Gasteiger partial charge in [0.2, 0.25) is 11.9 Å². The molecule has 0 bridgehead atoms. The van der Waals surface area contributed by atoms with Crippen LogP contribution in [0.25, 0.3) is 0 Å². The molecule has 2 heterocycles. The maximum atomic E-state index is 5.96. The van der Waals surface area contributed by atoms with E-state index in [0.717, 1.165) is 37.5 Å². The highest BCUT2D eigenvalue weighted by atomic mass is 35.5. The number of benzene rings is 1. The van der Waals surface area contributed by atoms with Gasteiger partial charge in [0.05, 0.1) is 0 Å². The summed E-state index contributed by atoms with van der Waals surface area (Å²) in [7, 11) is 2.10. The number of halogens is 1. The van der Waals surface area contributed by atoms with Gasteiger partial charge in [0.1, 0.15) is 12.4 Å². The summed E-state index contributed by atoms with van der Waals surface area (Å²) in [6.45, 7) is 5.87. The molecule has 1 aromatic heterocycles. The molecule has 0 unspecified atom stereocenters. The first-order chi connectivity index (χ1) is 11.5. The Morgan fingerprint density at radius 2 is 1.92 bits per heavy atom. The molecular weight excluding hydrogens is 328 g/mol. The van der Waals surface area contributed by atoms with E-state index in [1.165, 1.54) is 0 Å².